The normalized spacial score (nSPS) is 18.5. The van der Waals surface area contributed by atoms with Crippen molar-refractivity contribution in [3.05, 3.63) is 39.9 Å². The lowest BCUT2D eigenvalue weighted by Gasteiger charge is -2.23. The largest absolute Gasteiger partial charge is 0.506 e. The lowest BCUT2D eigenvalue weighted by Crippen LogP contribution is -2.25. The Hall–Kier alpha value is -1.61. The smallest absolute Gasteiger partial charge is 0.177 e. The van der Waals surface area contributed by atoms with Gasteiger partial charge < -0.3 is 5.11 Å². The standard InChI is InChI=1S/C15H15ClO3/c1-3-4-12(17)13-14(18)8(2)10-6-5-9(16)7-11(10)15(13)19/h5-8,19H,3-4H2,1-2H3. The lowest BCUT2D eigenvalue weighted by atomic mass is 9.80. The number of carbonyl (C=O) groups excluding carboxylic acids is 2. The molecule has 1 N–H and O–H groups in total. The van der Waals surface area contributed by atoms with E-state index in [2.05, 4.69) is 0 Å². The number of carbonyl (C=O) groups is 2. The molecule has 1 aromatic carbocycles. The van der Waals surface area contributed by atoms with Crippen molar-refractivity contribution < 1.29 is 14.7 Å². The zero-order chi connectivity index (χ0) is 14.2. The average molecular weight is 279 g/mol. The molecule has 19 heavy (non-hydrogen) atoms. The zero-order valence-corrected chi connectivity index (χ0v) is 11.6. The first-order valence-corrected chi connectivity index (χ1v) is 6.65. The van der Waals surface area contributed by atoms with Crippen molar-refractivity contribution in [3.63, 3.8) is 0 Å². The van der Waals surface area contributed by atoms with Crippen LogP contribution in [-0.4, -0.2) is 16.7 Å². The third kappa shape index (κ3) is 2.30. The Morgan fingerprint density at radius 3 is 2.74 bits per heavy atom. The van der Waals surface area contributed by atoms with Crippen LogP contribution in [-0.2, 0) is 9.59 Å². The third-order valence-electron chi connectivity index (χ3n) is 3.37. The molecule has 1 aliphatic rings. The monoisotopic (exact) mass is 278 g/mol. The maximum atomic E-state index is 12.2. The van der Waals surface area contributed by atoms with Gasteiger partial charge in [0.15, 0.2) is 11.6 Å². The first-order valence-electron chi connectivity index (χ1n) is 6.27. The van der Waals surface area contributed by atoms with Crippen molar-refractivity contribution in [1.82, 2.24) is 0 Å². The van der Waals surface area contributed by atoms with E-state index in [-0.39, 0.29) is 29.3 Å². The Kier molecular flexibility index (Phi) is 3.76. The van der Waals surface area contributed by atoms with Gasteiger partial charge in [-0.15, -0.1) is 0 Å². The molecule has 0 saturated heterocycles. The minimum Gasteiger partial charge on any atom is -0.506 e. The van der Waals surface area contributed by atoms with Gasteiger partial charge in [-0.2, -0.15) is 0 Å². The second-order valence-corrected chi connectivity index (χ2v) is 5.15. The minimum atomic E-state index is -0.432. The van der Waals surface area contributed by atoms with Crippen LogP contribution in [0, 0.1) is 0 Å². The van der Waals surface area contributed by atoms with Crippen LogP contribution in [0.2, 0.25) is 5.02 Å². The number of rotatable bonds is 3. The summed E-state index contributed by atoms with van der Waals surface area (Å²) < 4.78 is 0. The molecule has 0 saturated carbocycles. The Morgan fingerprint density at radius 1 is 1.42 bits per heavy atom. The van der Waals surface area contributed by atoms with Gasteiger partial charge in [0.2, 0.25) is 0 Å². The number of aliphatic hydroxyl groups is 1. The predicted molar refractivity (Wildman–Crippen MR) is 74.3 cm³/mol. The molecule has 0 aromatic heterocycles. The zero-order valence-electron chi connectivity index (χ0n) is 10.9. The molecule has 1 aliphatic carbocycles. The van der Waals surface area contributed by atoms with Crippen molar-refractivity contribution in [1.29, 1.82) is 0 Å². The molecule has 0 aliphatic heterocycles. The molecule has 2 rings (SSSR count). The van der Waals surface area contributed by atoms with Crippen LogP contribution in [0.15, 0.2) is 23.8 Å². The fraction of sp³-hybridized carbons (Fsp3) is 0.333. The molecule has 1 unspecified atom stereocenters. The van der Waals surface area contributed by atoms with E-state index in [0.29, 0.717) is 22.6 Å². The Balaban J connectivity index is 2.62. The summed E-state index contributed by atoms with van der Waals surface area (Å²) >= 11 is 5.91. The SMILES string of the molecule is CCCC(=O)C1=C(O)c2cc(Cl)ccc2C(C)C1=O. The molecule has 3 nitrogen and oxygen atoms in total. The van der Waals surface area contributed by atoms with E-state index in [1.165, 1.54) is 0 Å². The first-order chi connectivity index (χ1) is 8.97. The van der Waals surface area contributed by atoms with E-state index >= 15 is 0 Å². The molecular formula is C15H15ClO3. The Bertz CT molecular complexity index is 587. The number of allylic oxidation sites excluding steroid dienone is 1. The number of benzene rings is 1. The van der Waals surface area contributed by atoms with Crippen LogP contribution in [0.4, 0.5) is 0 Å². The van der Waals surface area contributed by atoms with Crippen molar-refractivity contribution in [2.75, 3.05) is 0 Å². The van der Waals surface area contributed by atoms with Crippen LogP contribution in [0.25, 0.3) is 5.76 Å². The molecule has 0 bridgehead atoms. The molecule has 1 atom stereocenters. The van der Waals surface area contributed by atoms with Crippen molar-refractivity contribution in [2.24, 2.45) is 0 Å². The van der Waals surface area contributed by atoms with Gasteiger partial charge in [0, 0.05) is 22.9 Å². The summed E-state index contributed by atoms with van der Waals surface area (Å²) in [6, 6.07) is 4.99. The maximum absolute atomic E-state index is 12.2. The van der Waals surface area contributed by atoms with E-state index in [4.69, 9.17) is 11.6 Å². The Labute approximate surface area is 116 Å². The van der Waals surface area contributed by atoms with Gasteiger partial charge in [-0.1, -0.05) is 31.5 Å². The van der Waals surface area contributed by atoms with Crippen LogP contribution >= 0.6 is 11.6 Å². The van der Waals surface area contributed by atoms with Crippen LogP contribution in [0.3, 0.4) is 0 Å². The predicted octanol–water partition coefficient (Wildman–Crippen LogP) is 3.66. The van der Waals surface area contributed by atoms with E-state index in [0.717, 1.165) is 0 Å². The van der Waals surface area contributed by atoms with Crippen LogP contribution in [0.5, 0.6) is 0 Å². The lowest BCUT2D eigenvalue weighted by molar-refractivity contribution is -0.122. The van der Waals surface area contributed by atoms with Gasteiger partial charge in [-0.05, 0) is 24.1 Å². The van der Waals surface area contributed by atoms with Gasteiger partial charge in [-0.3, -0.25) is 9.59 Å². The average Bonchev–Trinajstić information content (AvgIpc) is 2.36. The number of hydrogen-bond donors (Lipinski definition) is 1. The minimum absolute atomic E-state index is 0.0795. The maximum Gasteiger partial charge on any atom is 0.177 e. The highest BCUT2D eigenvalue weighted by Crippen LogP contribution is 2.37. The first kappa shape index (κ1) is 13.8. The number of fused-ring (bicyclic) bond motifs is 1. The molecule has 0 heterocycles. The van der Waals surface area contributed by atoms with Crippen molar-refractivity contribution in [3.8, 4) is 0 Å². The highest BCUT2D eigenvalue weighted by Gasteiger charge is 2.34. The van der Waals surface area contributed by atoms with Crippen molar-refractivity contribution in [2.45, 2.75) is 32.6 Å². The summed E-state index contributed by atoms with van der Waals surface area (Å²) in [7, 11) is 0. The molecule has 0 radical (unpaired) electrons. The van der Waals surface area contributed by atoms with Gasteiger partial charge in [0.1, 0.15) is 11.3 Å². The highest BCUT2D eigenvalue weighted by atomic mass is 35.5. The molecular weight excluding hydrogens is 264 g/mol. The fourth-order valence-electron chi connectivity index (χ4n) is 2.34. The van der Waals surface area contributed by atoms with Crippen molar-refractivity contribution >= 4 is 28.9 Å². The molecule has 100 valence electrons. The number of hydrogen-bond acceptors (Lipinski definition) is 3. The molecule has 0 fully saturated rings. The molecule has 1 aromatic rings. The molecule has 4 heteroatoms. The van der Waals surface area contributed by atoms with E-state index in [1.54, 1.807) is 25.1 Å². The number of Topliss-reactive ketones (excluding diaryl/α,β-unsaturated/α-hetero) is 2. The van der Waals surface area contributed by atoms with Gasteiger partial charge in [-0.25, -0.2) is 0 Å². The topological polar surface area (TPSA) is 54.4 Å². The highest BCUT2D eigenvalue weighted by molar-refractivity contribution is 6.31. The Morgan fingerprint density at radius 2 is 2.11 bits per heavy atom. The summed E-state index contributed by atoms with van der Waals surface area (Å²) in [4.78, 5) is 24.2. The summed E-state index contributed by atoms with van der Waals surface area (Å²) in [5.41, 5.74) is 1.11. The van der Waals surface area contributed by atoms with Gasteiger partial charge >= 0.3 is 0 Å². The van der Waals surface area contributed by atoms with E-state index in [1.807, 2.05) is 6.92 Å². The quantitative estimate of drug-likeness (QED) is 0.859. The van der Waals surface area contributed by atoms with Gasteiger partial charge in [0.25, 0.3) is 0 Å². The number of halogens is 1. The van der Waals surface area contributed by atoms with Crippen LogP contribution < -0.4 is 0 Å². The summed E-state index contributed by atoms with van der Waals surface area (Å²) in [6.45, 7) is 3.60. The summed E-state index contributed by atoms with van der Waals surface area (Å²) in [6.07, 6.45) is 0.896. The number of aliphatic hydroxyl groups excluding tert-OH is 1. The van der Waals surface area contributed by atoms with Gasteiger partial charge in [0.05, 0.1) is 0 Å². The van der Waals surface area contributed by atoms with E-state index < -0.39 is 5.92 Å². The van der Waals surface area contributed by atoms with E-state index in [9.17, 15) is 14.7 Å². The third-order valence-corrected chi connectivity index (χ3v) is 3.60. The fourth-order valence-corrected chi connectivity index (χ4v) is 2.51. The summed E-state index contributed by atoms with van der Waals surface area (Å²) in [5.74, 6) is -1.29. The summed E-state index contributed by atoms with van der Waals surface area (Å²) in [5, 5.41) is 10.7. The molecule has 0 amide bonds. The second kappa shape index (κ2) is 5.17. The van der Waals surface area contributed by atoms with Crippen LogP contribution in [0.1, 0.15) is 43.7 Å². The molecule has 0 spiro atoms. The number of ketones is 2. The second-order valence-electron chi connectivity index (χ2n) is 4.71.